The van der Waals surface area contributed by atoms with Gasteiger partial charge in [0, 0.05) is 0 Å². The predicted molar refractivity (Wildman–Crippen MR) is 107 cm³/mol. The molecule has 0 heterocycles. The van der Waals surface area contributed by atoms with E-state index >= 15 is 0 Å². The van der Waals surface area contributed by atoms with Crippen molar-refractivity contribution in [3.63, 3.8) is 0 Å². The second kappa shape index (κ2) is 7.45. The molecule has 0 N–H and O–H groups in total. The fourth-order valence-electron chi connectivity index (χ4n) is 3.75. The standard InChI is InChI=1S/C22H29P/c1-8-9-10-23(21-17(4)11-15(2)12-18(21)5)22-19(6)13-16(3)14-20(22)7/h8,11-14H,1,9-10H2,2-7H3. The van der Waals surface area contributed by atoms with E-state index in [1.807, 2.05) is 0 Å². The first-order valence-electron chi connectivity index (χ1n) is 8.39. The van der Waals surface area contributed by atoms with Crippen molar-refractivity contribution < 1.29 is 0 Å². The van der Waals surface area contributed by atoms with Crippen molar-refractivity contribution in [2.75, 3.05) is 6.16 Å². The van der Waals surface area contributed by atoms with Gasteiger partial charge in [0.25, 0.3) is 0 Å². The van der Waals surface area contributed by atoms with Gasteiger partial charge in [-0.1, -0.05) is 41.5 Å². The lowest BCUT2D eigenvalue weighted by Crippen LogP contribution is -2.23. The Bertz CT molecular complexity index is 621. The monoisotopic (exact) mass is 324 g/mol. The molecule has 0 spiro atoms. The first-order chi connectivity index (χ1) is 10.8. The molecule has 0 saturated carbocycles. The Kier molecular flexibility index (Phi) is 5.82. The van der Waals surface area contributed by atoms with Gasteiger partial charge in [0.1, 0.15) is 0 Å². The molecule has 0 bridgehead atoms. The summed E-state index contributed by atoms with van der Waals surface area (Å²) in [5.41, 5.74) is 8.49. The molecule has 0 radical (unpaired) electrons. The summed E-state index contributed by atoms with van der Waals surface area (Å²) in [6.07, 6.45) is 4.33. The molecule has 0 aliphatic rings. The maximum absolute atomic E-state index is 3.95. The van der Waals surface area contributed by atoms with Crippen LogP contribution in [-0.4, -0.2) is 6.16 Å². The third kappa shape index (κ3) is 3.93. The molecule has 0 aliphatic carbocycles. The van der Waals surface area contributed by atoms with Gasteiger partial charge in [0.15, 0.2) is 0 Å². The quantitative estimate of drug-likeness (QED) is 0.500. The molecule has 0 nitrogen and oxygen atoms in total. The Morgan fingerprint density at radius 1 is 0.739 bits per heavy atom. The van der Waals surface area contributed by atoms with Gasteiger partial charge >= 0.3 is 0 Å². The molecular weight excluding hydrogens is 295 g/mol. The van der Waals surface area contributed by atoms with Gasteiger partial charge in [-0.05, 0) is 94.9 Å². The van der Waals surface area contributed by atoms with Crippen molar-refractivity contribution in [1.82, 2.24) is 0 Å². The second-order valence-electron chi connectivity index (χ2n) is 6.72. The van der Waals surface area contributed by atoms with E-state index < -0.39 is 0 Å². The summed E-state index contributed by atoms with van der Waals surface area (Å²) in [6.45, 7) is 17.4. The lowest BCUT2D eigenvalue weighted by Gasteiger charge is -2.26. The second-order valence-corrected chi connectivity index (χ2v) is 8.92. The maximum Gasteiger partial charge on any atom is -0.0137 e. The molecule has 0 unspecified atom stereocenters. The minimum absolute atomic E-state index is 0.336. The van der Waals surface area contributed by atoms with E-state index in [-0.39, 0.29) is 7.92 Å². The molecule has 2 aromatic rings. The van der Waals surface area contributed by atoms with Crippen LogP contribution >= 0.6 is 7.92 Å². The van der Waals surface area contributed by atoms with Crippen LogP contribution in [0.25, 0.3) is 0 Å². The summed E-state index contributed by atoms with van der Waals surface area (Å²) in [6, 6.07) is 9.35. The number of benzene rings is 2. The first kappa shape index (κ1) is 18.0. The molecule has 2 aromatic carbocycles. The van der Waals surface area contributed by atoms with Crippen LogP contribution < -0.4 is 10.6 Å². The summed E-state index contributed by atoms with van der Waals surface area (Å²) in [4.78, 5) is 0. The van der Waals surface area contributed by atoms with Crippen LogP contribution in [0, 0.1) is 41.5 Å². The van der Waals surface area contributed by atoms with Crippen molar-refractivity contribution in [3.05, 3.63) is 70.3 Å². The van der Waals surface area contributed by atoms with E-state index in [0.717, 1.165) is 6.42 Å². The number of aryl methyl sites for hydroxylation is 6. The van der Waals surface area contributed by atoms with Crippen LogP contribution in [0.15, 0.2) is 36.9 Å². The lowest BCUT2D eigenvalue weighted by molar-refractivity contribution is 1.24. The fourth-order valence-corrected chi connectivity index (χ4v) is 6.82. The highest BCUT2D eigenvalue weighted by molar-refractivity contribution is 7.73. The van der Waals surface area contributed by atoms with Crippen molar-refractivity contribution in [2.24, 2.45) is 0 Å². The van der Waals surface area contributed by atoms with E-state index in [1.165, 1.54) is 39.5 Å². The van der Waals surface area contributed by atoms with Gasteiger partial charge in [-0.15, -0.1) is 6.58 Å². The van der Waals surface area contributed by atoms with Crippen molar-refractivity contribution >= 4 is 18.5 Å². The third-order valence-electron chi connectivity index (χ3n) is 4.37. The Balaban J connectivity index is 2.66. The van der Waals surface area contributed by atoms with Gasteiger partial charge in [0.2, 0.25) is 0 Å². The zero-order valence-electron chi connectivity index (χ0n) is 15.5. The zero-order chi connectivity index (χ0) is 17.1. The largest absolute Gasteiger partial charge is 0.103 e. The SMILES string of the molecule is C=CCCP(c1c(C)cc(C)cc1C)c1c(C)cc(C)cc1C. The number of rotatable bonds is 5. The maximum atomic E-state index is 3.95. The van der Waals surface area contributed by atoms with Gasteiger partial charge in [-0.3, -0.25) is 0 Å². The van der Waals surface area contributed by atoms with Gasteiger partial charge in [-0.25, -0.2) is 0 Å². The summed E-state index contributed by atoms with van der Waals surface area (Å²) >= 11 is 0. The average Bonchev–Trinajstić information content (AvgIpc) is 2.41. The predicted octanol–water partition coefficient (Wildman–Crippen LogP) is 5.55. The highest BCUT2D eigenvalue weighted by atomic mass is 31.1. The van der Waals surface area contributed by atoms with Crippen LogP contribution in [0.5, 0.6) is 0 Å². The Labute approximate surface area is 143 Å². The molecule has 1 heteroatoms. The molecule has 0 saturated heterocycles. The molecule has 0 aromatic heterocycles. The molecule has 0 aliphatic heterocycles. The molecule has 0 atom stereocenters. The number of allylic oxidation sites excluding steroid dienone is 1. The van der Waals surface area contributed by atoms with Crippen molar-refractivity contribution in [1.29, 1.82) is 0 Å². The zero-order valence-corrected chi connectivity index (χ0v) is 16.3. The molecule has 0 fully saturated rings. The van der Waals surface area contributed by atoms with Crippen LogP contribution in [-0.2, 0) is 0 Å². The van der Waals surface area contributed by atoms with E-state index in [1.54, 1.807) is 10.6 Å². The van der Waals surface area contributed by atoms with E-state index in [0.29, 0.717) is 0 Å². The highest BCUT2D eigenvalue weighted by Crippen LogP contribution is 2.39. The summed E-state index contributed by atoms with van der Waals surface area (Å²) in [7, 11) is -0.336. The van der Waals surface area contributed by atoms with Gasteiger partial charge in [0.05, 0.1) is 0 Å². The summed E-state index contributed by atoms with van der Waals surface area (Å²) in [5, 5.41) is 3.14. The number of hydrogen-bond acceptors (Lipinski definition) is 0. The minimum atomic E-state index is -0.336. The van der Waals surface area contributed by atoms with Crippen LogP contribution in [0.4, 0.5) is 0 Å². The van der Waals surface area contributed by atoms with Gasteiger partial charge < -0.3 is 0 Å². The summed E-state index contributed by atoms with van der Waals surface area (Å²) in [5.74, 6) is 0. The topological polar surface area (TPSA) is 0 Å². The smallest absolute Gasteiger partial charge is 0.0137 e. The first-order valence-corrected chi connectivity index (χ1v) is 9.92. The van der Waals surface area contributed by atoms with Crippen molar-refractivity contribution in [3.8, 4) is 0 Å². The Morgan fingerprint density at radius 3 is 1.39 bits per heavy atom. The molecule has 23 heavy (non-hydrogen) atoms. The van der Waals surface area contributed by atoms with E-state index in [9.17, 15) is 0 Å². The molecular formula is C22H29P. The van der Waals surface area contributed by atoms with Crippen LogP contribution in [0.2, 0.25) is 0 Å². The molecule has 0 amide bonds. The normalized spacial score (nSPS) is 11.1. The lowest BCUT2D eigenvalue weighted by atomic mass is 10.1. The highest BCUT2D eigenvalue weighted by Gasteiger charge is 2.21. The number of hydrogen-bond donors (Lipinski definition) is 0. The fraction of sp³-hybridized carbons (Fsp3) is 0.364. The van der Waals surface area contributed by atoms with E-state index in [2.05, 4.69) is 78.5 Å². The van der Waals surface area contributed by atoms with Gasteiger partial charge in [-0.2, -0.15) is 0 Å². The van der Waals surface area contributed by atoms with Crippen molar-refractivity contribution in [2.45, 2.75) is 48.0 Å². The average molecular weight is 324 g/mol. The molecule has 122 valence electrons. The molecule has 2 rings (SSSR count). The Morgan fingerprint density at radius 2 is 1.09 bits per heavy atom. The summed E-state index contributed by atoms with van der Waals surface area (Å²) < 4.78 is 0. The third-order valence-corrected chi connectivity index (χ3v) is 7.56. The minimum Gasteiger partial charge on any atom is -0.103 e. The van der Waals surface area contributed by atoms with Crippen LogP contribution in [0.3, 0.4) is 0 Å². The van der Waals surface area contributed by atoms with Crippen LogP contribution in [0.1, 0.15) is 39.8 Å². The Hall–Kier alpha value is -1.39. The van der Waals surface area contributed by atoms with E-state index in [4.69, 9.17) is 0 Å².